The Balaban J connectivity index is -0.0000000886. The van der Waals surface area contributed by atoms with Gasteiger partial charge in [0.1, 0.15) is 0 Å². The Labute approximate surface area is 63.2 Å². The van der Waals surface area contributed by atoms with E-state index in [9.17, 15) is 0 Å². The largest absolute Gasteiger partial charge is 0.784 e. The van der Waals surface area contributed by atoms with Crippen LogP contribution in [0, 0.1) is 0 Å². The molecule has 0 bridgehead atoms. The van der Waals surface area contributed by atoms with Crippen LogP contribution in [0.4, 0.5) is 4.79 Å². The topological polar surface area (TPSA) is 167 Å². The van der Waals surface area contributed by atoms with Gasteiger partial charge < -0.3 is 34.0 Å². The van der Waals surface area contributed by atoms with Gasteiger partial charge in [0.2, 0.25) is 0 Å². The summed E-state index contributed by atoms with van der Waals surface area (Å²) in [6.45, 7) is -0.500. The summed E-state index contributed by atoms with van der Waals surface area (Å²) in [6.07, 6.45) is -2.33. The smallest absolute Gasteiger partial charge is 0.0275 e. The maximum Gasteiger partial charge on any atom is 0.0275 e. The number of carboxylic acid groups (broad SMARTS) is 3. The summed E-state index contributed by atoms with van der Waals surface area (Å²) in [7, 11) is 0. The highest BCUT2D eigenvalue weighted by Crippen LogP contribution is 1.42. The van der Waals surface area contributed by atoms with Crippen LogP contribution in [0.1, 0.15) is 0 Å². The first kappa shape index (κ1) is 16.4. The zero-order valence-corrected chi connectivity index (χ0v) is 5.57. The van der Waals surface area contributed by atoms with Crippen LogP contribution < -0.4 is 15.3 Å². The molecule has 0 saturated heterocycles. The fourth-order valence-electron chi connectivity index (χ4n) is 0. The van der Waals surface area contributed by atoms with Crippen molar-refractivity contribution in [2.24, 2.45) is 0 Å². The number of carbonyl (C=O) groups is 2. The van der Waals surface area contributed by atoms with Crippen LogP contribution in [0.5, 0.6) is 0 Å². The molecule has 0 N–H and O–H groups in total. The van der Waals surface area contributed by atoms with Gasteiger partial charge in [0, 0.05) is 6.47 Å². The summed E-state index contributed by atoms with van der Waals surface area (Å²) in [6, 6.07) is 0. The van der Waals surface area contributed by atoms with Gasteiger partial charge in [-0.15, -0.1) is 11.4 Å². The molecule has 0 fully saturated rings. The Bertz CT molecular complexity index is 99.3. The third kappa shape index (κ3) is 289. The molecule has 0 amide bonds. The fourth-order valence-corrected chi connectivity index (χ4v) is 0. The standard InChI is InChI=1S/CH2O3.CH2O2.H2O3S/c2-1(3)4;2-1-3;1-4(2)3/h(H2,2,3,4);1H,(H,2,3);(H2,1,2,3)/p-5. The van der Waals surface area contributed by atoms with E-state index in [0.29, 0.717) is 0 Å². The lowest BCUT2D eigenvalue weighted by Gasteiger charge is -2.03. The summed E-state index contributed by atoms with van der Waals surface area (Å²) in [5, 5.41) is 24.9. The van der Waals surface area contributed by atoms with Gasteiger partial charge in [0.15, 0.2) is 0 Å². The molecule has 0 aliphatic heterocycles. The normalized spacial score (nSPS) is 6.45. The second kappa shape index (κ2) is 15.9. The molecule has 0 radical (unpaired) electrons. The predicted octanol–water partition coefficient (Wildman–Crippen LogP) is -5.08. The Morgan fingerprint density at radius 1 is 1.27 bits per heavy atom. The number of rotatable bonds is 0. The minimum Gasteiger partial charge on any atom is -0.784 e. The molecule has 11 heavy (non-hydrogen) atoms. The minimum atomic E-state index is -3.11. The van der Waals surface area contributed by atoms with Crippen molar-refractivity contribution >= 4 is 24.0 Å². The van der Waals surface area contributed by atoms with E-state index in [1.165, 1.54) is 0 Å². The summed E-state index contributed by atoms with van der Waals surface area (Å²) >= 11 is -3.11. The molecule has 0 heterocycles. The molecule has 0 aliphatic carbocycles. The van der Waals surface area contributed by atoms with Crippen molar-refractivity contribution in [2.75, 3.05) is 0 Å². The van der Waals surface area contributed by atoms with Gasteiger partial charge in [-0.2, -0.15) is 0 Å². The van der Waals surface area contributed by atoms with Gasteiger partial charge in [0.25, 0.3) is 0 Å². The van der Waals surface area contributed by atoms with E-state index in [0.717, 1.165) is 0 Å². The van der Waals surface area contributed by atoms with Crippen LogP contribution in [0.2, 0.25) is 0 Å². The molecular weight excluding hydrogens is 184 g/mol. The Morgan fingerprint density at radius 3 is 1.27 bits per heavy atom. The molecule has 0 rings (SSSR count). The van der Waals surface area contributed by atoms with Crippen LogP contribution >= 0.6 is 0 Å². The predicted molar refractivity (Wildman–Crippen MR) is 21.2 cm³/mol. The highest BCUT2D eigenvalue weighted by Gasteiger charge is 1.26. The molecule has 0 spiro atoms. The second-order valence-corrected chi connectivity index (χ2v) is 0.959. The van der Waals surface area contributed by atoms with Crippen LogP contribution in [-0.4, -0.2) is 25.9 Å². The lowest BCUT2D eigenvalue weighted by molar-refractivity contribution is -0.415. The molecular formula is C2HO8S-5. The Morgan fingerprint density at radius 2 is 1.27 bits per heavy atom. The molecule has 0 atom stereocenters. The van der Waals surface area contributed by atoms with E-state index in [4.69, 9.17) is 38.2 Å². The first-order valence-electron chi connectivity index (χ1n) is 1.58. The van der Waals surface area contributed by atoms with Gasteiger partial charge in [-0.25, -0.2) is 0 Å². The monoisotopic (exact) mass is 185 g/mol. The highest BCUT2D eigenvalue weighted by atomic mass is 32.2. The van der Waals surface area contributed by atoms with Gasteiger partial charge in [-0.3, -0.25) is 4.21 Å². The van der Waals surface area contributed by atoms with Gasteiger partial charge in [-0.05, 0) is 6.16 Å². The maximum absolute atomic E-state index is 8.44. The van der Waals surface area contributed by atoms with Crippen molar-refractivity contribution in [3.63, 3.8) is 0 Å². The summed E-state index contributed by atoms with van der Waals surface area (Å²) < 4.78 is 25.3. The lowest BCUT2D eigenvalue weighted by Crippen LogP contribution is -2.37. The van der Waals surface area contributed by atoms with Crippen LogP contribution in [-0.2, 0) is 16.2 Å². The van der Waals surface area contributed by atoms with Crippen molar-refractivity contribution in [1.29, 1.82) is 0 Å². The third-order valence-corrected chi connectivity index (χ3v) is 0. The number of hydrogen-bond acceptors (Lipinski definition) is 8. The molecule has 0 unspecified atom stereocenters. The van der Waals surface area contributed by atoms with E-state index in [1.807, 2.05) is 0 Å². The minimum absolute atomic E-state index is 0.500. The van der Waals surface area contributed by atoms with Crippen LogP contribution in [0.15, 0.2) is 0 Å². The number of hydrogen-bond donors (Lipinski definition) is 0. The van der Waals surface area contributed by atoms with E-state index >= 15 is 0 Å². The van der Waals surface area contributed by atoms with E-state index < -0.39 is 24.0 Å². The van der Waals surface area contributed by atoms with Crippen molar-refractivity contribution in [3.8, 4) is 0 Å². The van der Waals surface area contributed by atoms with Crippen molar-refractivity contribution < 1.29 is 38.2 Å². The van der Waals surface area contributed by atoms with Crippen molar-refractivity contribution in [1.82, 2.24) is 0 Å². The molecule has 0 aromatic carbocycles. The number of carbonyl (C=O) groups excluding carboxylic acids is 2. The summed E-state index contributed by atoms with van der Waals surface area (Å²) in [5.41, 5.74) is 0. The summed E-state index contributed by atoms with van der Waals surface area (Å²) in [4.78, 5) is 16.6. The molecule has 0 aliphatic rings. The first-order chi connectivity index (χ1) is 4.88. The second-order valence-electron chi connectivity index (χ2n) is 0.550. The molecule has 0 saturated carbocycles. The zero-order chi connectivity index (χ0) is 9.86. The average Bonchev–Trinajstić information content (AvgIpc) is 1.60. The lowest BCUT2D eigenvalue weighted by atomic mass is 11.5. The molecule has 0 aromatic heterocycles. The first-order valence-corrected chi connectivity index (χ1v) is 2.58. The van der Waals surface area contributed by atoms with E-state index in [-0.39, 0.29) is 0 Å². The Hall–Kier alpha value is -1.19. The van der Waals surface area contributed by atoms with Gasteiger partial charge >= 0.3 is 0 Å². The highest BCUT2D eigenvalue weighted by molar-refractivity contribution is 7.72. The van der Waals surface area contributed by atoms with E-state index in [1.54, 1.807) is 0 Å². The molecule has 0 aromatic rings. The molecule has 8 nitrogen and oxygen atoms in total. The van der Waals surface area contributed by atoms with Crippen molar-refractivity contribution in [3.05, 3.63) is 0 Å². The zero-order valence-electron chi connectivity index (χ0n) is 4.75. The fraction of sp³-hybridized carbons (Fsp3) is 0. The summed E-state index contributed by atoms with van der Waals surface area (Å²) in [5.74, 6) is 0. The van der Waals surface area contributed by atoms with Crippen LogP contribution in [0.3, 0.4) is 0 Å². The molecule has 68 valence electrons. The van der Waals surface area contributed by atoms with E-state index in [2.05, 4.69) is 0 Å². The Kier molecular flexibility index (Phi) is 23.8. The van der Waals surface area contributed by atoms with Gasteiger partial charge in [-0.1, -0.05) is 0 Å². The van der Waals surface area contributed by atoms with Crippen LogP contribution in [0.25, 0.3) is 0 Å². The van der Waals surface area contributed by atoms with Gasteiger partial charge in [0.05, 0.1) is 0 Å². The SMILES string of the molecule is O=C([O-])[O-].O=C[O-].O=S([O-])[O-]. The quantitative estimate of drug-likeness (QED) is 0.266. The third-order valence-electron chi connectivity index (χ3n) is 0. The maximum atomic E-state index is 8.44. The average molecular weight is 185 g/mol. The molecule has 9 heteroatoms. The van der Waals surface area contributed by atoms with Crippen molar-refractivity contribution in [2.45, 2.75) is 0 Å².